The summed E-state index contributed by atoms with van der Waals surface area (Å²) in [7, 11) is 0. The first-order valence-corrected chi connectivity index (χ1v) is 10.9. The molecule has 0 radical (unpaired) electrons. The minimum atomic E-state index is -1.16. The lowest BCUT2D eigenvalue weighted by Crippen LogP contribution is -2.59. The van der Waals surface area contributed by atoms with Crippen LogP contribution in [-0.4, -0.2) is 64.5 Å². The average Bonchev–Trinajstić information content (AvgIpc) is 2.71. The van der Waals surface area contributed by atoms with Gasteiger partial charge < -0.3 is 26.8 Å². The van der Waals surface area contributed by atoms with Crippen molar-refractivity contribution >= 4 is 48.9 Å². The summed E-state index contributed by atoms with van der Waals surface area (Å²) < 4.78 is 0. The Morgan fingerprint density at radius 3 is 1.62 bits per heavy atom. The molecule has 6 N–H and O–H groups in total. The molecule has 0 rings (SSSR count). The van der Waals surface area contributed by atoms with E-state index in [0.717, 1.165) is 0 Å². The fraction of sp³-hybridized carbons (Fsp3) is 0.778. The Morgan fingerprint density at radius 2 is 1.24 bits per heavy atom. The van der Waals surface area contributed by atoms with Gasteiger partial charge in [0.05, 0.1) is 6.04 Å². The van der Waals surface area contributed by atoms with E-state index in [-0.39, 0.29) is 23.3 Å². The molecule has 0 saturated carbocycles. The maximum atomic E-state index is 12.5. The van der Waals surface area contributed by atoms with Gasteiger partial charge in [-0.1, -0.05) is 40.5 Å². The van der Waals surface area contributed by atoms with Gasteiger partial charge >= 0.3 is 5.97 Å². The van der Waals surface area contributed by atoms with Crippen LogP contribution in [0.5, 0.6) is 0 Å². The number of rotatable bonds is 13. The third kappa shape index (κ3) is 8.83. The molecule has 0 bridgehead atoms. The molecule has 9 nitrogen and oxygen atoms in total. The number of hydrogen-bond donors (Lipinski definition) is 7. The fourth-order valence-corrected chi connectivity index (χ4v) is 2.89. The molecule has 0 saturated heterocycles. The minimum Gasteiger partial charge on any atom is -0.480 e. The van der Waals surface area contributed by atoms with Crippen LogP contribution >= 0.6 is 25.3 Å². The van der Waals surface area contributed by atoms with E-state index in [0.29, 0.717) is 12.8 Å². The van der Waals surface area contributed by atoms with Crippen molar-refractivity contribution in [3.63, 3.8) is 0 Å². The summed E-state index contributed by atoms with van der Waals surface area (Å²) >= 11 is 8.15. The predicted octanol–water partition coefficient (Wildman–Crippen LogP) is -0.195. The number of hydrogen-bond acceptors (Lipinski definition) is 7. The number of nitrogens with one attached hydrogen (secondary N) is 3. The van der Waals surface area contributed by atoms with Crippen LogP contribution in [0, 0.1) is 11.8 Å². The summed E-state index contributed by atoms with van der Waals surface area (Å²) in [5.74, 6) is -3.35. The molecule has 29 heavy (non-hydrogen) atoms. The summed E-state index contributed by atoms with van der Waals surface area (Å²) in [5.41, 5.74) is 5.87. The van der Waals surface area contributed by atoms with E-state index in [1.807, 2.05) is 20.8 Å². The zero-order chi connectivity index (χ0) is 22.7. The Kier molecular flexibility index (Phi) is 13.0. The van der Waals surface area contributed by atoms with Crippen molar-refractivity contribution in [3.05, 3.63) is 0 Å². The minimum absolute atomic E-state index is 0.00364. The number of aliphatic carboxylic acids is 1. The normalized spacial score (nSPS) is 17.2. The SMILES string of the molecule is CCC(C)C(N)C(=O)NC(CS)C(=O)NC(CS)C(=O)NC(C(=O)O)C(C)CC. The number of carboxylic acid groups (broad SMARTS) is 1. The highest BCUT2D eigenvalue weighted by Gasteiger charge is 2.31. The van der Waals surface area contributed by atoms with Crippen LogP contribution < -0.4 is 21.7 Å². The molecule has 0 aromatic rings. The highest BCUT2D eigenvalue weighted by molar-refractivity contribution is 7.80. The number of carbonyl (C=O) groups excluding carboxylic acids is 3. The molecule has 0 aliphatic rings. The molecule has 0 aromatic heterocycles. The van der Waals surface area contributed by atoms with Gasteiger partial charge in [0, 0.05) is 11.5 Å². The van der Waals surface area contributed by atoms with Crippen molar-refractivity contribution in [2.24, 2.45) is 17.6 Å². The van der Waals surface area contributed by atoms with Crippen LogP contribution in [0.1, 0.15) is 40.5 Å². The van der Waals surface area contributed by atoms with Crippen LogP contribution in [-0.2, 0) is 19.2 Å². The molecule has 3 amide bonds. The van der Waals surface area contributed by atoms with Gasteiger partial charge in [-0.05, 0) is 11.8 Å². The van der Waals surface area contributed by atoms with Crippen LogP contribution in [0.25, 0.3) is 0 Å². The van der Waals surface area contributed by atoms with Gasteiger partial charge in [0.2, 0.25) is 17.7 Å². The Morgan fingerprint density at radius 1 is 0.828 bits per heavy atom. The summed E-state index contributed by atoms with van der Waals surface area (Å²) in [4.78, 5) is 48.6. The van der Waals surface area contributed by atoms with Gasteiger partial charge in [0.15, 0.2) is 0 Å². The standard InChI is InChI=1S/C18H34N4O5S2/c1-5-9(3)13(19)17(25)21-11(7-28)15(23)20-12(8-29)16(24)22-14(18(26)27)10(4)6-2/h9-14,28-29H,5-8,19H2,1-4H3,(H,20,23)(H,21,25)(H,22,24)(H,26,27). The van der Waals surface area contributed by atoms with E-state index in [9.17, 15) is 24.3 Å². The van der Waals surface area contributed by atoms with Crippen molar-refractivity contribution in [1.82, 2.24) is 16.0 Å². The Hall–Kier alpha value is -1.46. The zero-order valence-corrected chi connectivity index (χ0v) is 19.1. The summed E-state index contributed by atoms with van der Waals surface area (Å²) in [6.45, 7) is 7.26. The van der Waals surface area contributed by atoms with Crippen molar-refractivity contribution in [2.75, 3.05) is 11.5 Å². The largest absolute Gasteiger partial charge is 0.480 e. The van der Waals surface area contributed by atoms with Crippen LogP contribution in [0.3, 0.4) is 0 Å². The molecule has 168 valence electrons. The maximum absolute atomic E-state index is 12.5. The van der Waals surface area contributed by atoms with Gasteiger partial charge in [-0.3, -0.25) is 14.4 Å². The number of carboxylic acids is 1. The van der Waals surface area contributed by atoms with Gasteiger partial charge in [0.1, 0.15) is 18.1 Å². The van der Waals surface area contributed by atoms with Crippen LogP contribution in [0.15, 0.2) is 0 Å². The van der Waals surface area contributed by atoms with Crippen molar-refractivity contribution in [1.29, 1.82) is 0 Å². The molecule has 0 heterocycles. The Balaban J connectivity index is 5.07. The van der Waals surface area contributed by atoms with Gasteiger partial charge in [-0.2, -0.15) is 25.3 Å². The molecule has 0 aliphatic heterocycles. The predicted molar refractivity (Wildman–Crippen MR) is 118 cm³/mol. The highest BCUT2D eigenvalue weighted by Crippen LogP contribution is 2.09. The molecule has 11 heteroatoms. The van der Waals surface area contributed by atoms with E-state index < -0.39 is 47.9 Å². The quantitative estimate of drug-likeness (QED) is 0.193. The number of thiol groups is 2. The van der Waals surface area contributed by atoms with E-state index in [1.165, 1.54) is 0 Å². The fourth-order valence-electron chi connectivity index (χ4n) is 2.38. The van der Waals surface area contributed by atoms with Crippen molar-refractivity contribution < 1.29 is 24.3 Å². The first kappa shape index (κ1) is 27.5. The molecular formula is C18H34N4O5S2. The smallest absolute Gasteiger partial charge is 0.326 e. The second-order valence-corrected chi connectivity index (χ2v) is 7.84. The topological polar surface area (TPSA) is 151 Å². The van der Waals surface area contributed by atoms with E-state index in [4.69, 9.17) is 5.73 Å². The first-order valence-electron chi connectivity index (χ1n) is 9.65. The monoisotopic (exact) mass is 450 g/mol. The molecule has 6 atom stereocenters. The maximum Gasteiger partial charge on any atom is 0.326 e. The van der Waals surface area contributed by atoms with E-state index in [2.05, 4.69) is 41.2 Å². The lowest BCUT2D eigenvalue weighted by atomic mass is 9.99. The molecule has 0 aliphatic carbocycles. The van der Waals surface area contributed by atoms with Crippen LogP contribution in [0.2, 0.25) is 0 Å². The Labute approximate surface area is 183 Å². The molecule has 6 unspecified atom stereocenters. The second-order valence-electron chi connectivity index (χ2n) is 7.11. The van der Waals surface area contributed by atoms with E-state index >= 15 is 0 Å². The Bertz CT molecular complexity index is 578. The van der Waals surface area contributed by atoms with Gasteiger partial charge in [-0.15, -0.1) is 0 Å². The lowest BCUT2D eigenvalue weighted by Gasteiger charge is -2.26. The first-order chi connectivity index (χ1) is 13.5. The van der Waals surface area contributed by atoms with E-state index in [1.54, 1.807) is 6.92 Å². The van der Waals surface area contributed by atoms with Gasteiger partial charge in [0.25, 0.3) is 0 Å². The van der Waals surface area contributed by atoms with Crippen LogP contribution in [0.4, 0.5) is 0 Å². The summed E-state index contributed by atoms with van der Waals surface area (Å²) in [6.07, 6.45) is 1.26. The molecule has 0 fully saturated rings. The average molecular weight is 451 g/mol. The third-order valence-corrected chi connectivity index (χ3v) is 5.70. The third-order valence-electron chi connectivity index (χ3n) is 4.97. The molecule has 0 aromatic carbocycles. The lowest BCUT2D eigenvalue weighted by molar-refractivity contribution is -0.143. The molecular weight excluding hydrogens is 416 g/mol. The zero-order valence-electron chi connectivity index (χ0n) is 17.3. The molecule has 0 spiro atoms. The highest BCUT2D eigenvalue weighted by atomic mass is 32.1. The number of amides is 3. The van der Waals surface area contributed by atoms with Crippen molar-refractivity contribution in [2.45, 2.75) is 64.7 Å². The summed E-state index contributed by atoms with van der Waals surface area (Å²) in [5, 5.41) is 16.8. The summed E-state index contributed by atoms with van der Waals surface area (Å²) in [6, 6.07) is -3.92. The van der Waals surface area contributed by atoms with Crippen molar-refractivity contribution in [3.8, 4) is 0 Å². The number of carbonyl (C=O) groups is 4. The number of nitrogens with two attached hydrogens (primary N) is 1. The second kappa shape index (κ2) is 13.7. The van der Waals surface area contributed by atoms with Gasteiger partial charge in [-0.25, -0.2) is 4.79 Å².